The van der Waals surface area contributed by atoms with Gasteiger partial charge in [0.1, 0.15) is 0 Å². The van der Waals surface area contributed by atoms with Crippen molar-refractivity contribution < 1.29 is 33.4 Å². The third-order valence-corrected chi connectivity index (χ3v) is 8.76. The van der Waals surface area contributed by atoms with Crippen LogP contribution >= 0.6 is 31.9 Å². The van der Waals surface area contributed by atoms with E-state index in [2.05, 4.69) is 36.8 Å². The number of nitrogens with two attached hydrogens (primary N) is 1. The molecular weight excluding hydrogens is 784 g/mol. The van der Waals surface area contributed by atoms with Crippen molar-refractivity contribution in [1.29, 1.82) is 0 Å². The van der Waals surface area contributed by atoms with E-state index >= 15 is 0 Å². The van der Waals surface area contributed by atoms with Gasteiger partial charge in [0, 0.05) is 38.8 Å². The maximum Gasteiger partial charge on any atom is 0.266 e. The molecule has 0 spiro atoms. The van der Waals surface area contributed by atoms with Gasteiger partial charge in [0.15, 0.2) is 12.6 Å². The lowest BCUT2D eigenvalue weighted by molar-refractivity contribution is -0.140. The SMILES string of the molecule is CCOC(CN1C(=O)c2ccccc2C1=O)OCC.Nc1cc(Br)ccc1C=O.O=C1c2ccccc2C(=O)N1c1cnc2cc(Br)ccc2c1. The number of rotatable bonds is 8. The molecule has 1 aromatic heterocycles. The van der Waals surface area contributed by atoms with Crippen LogP contribution in [-0.2, 0) is 9.47 Å². The quantitative estimate of drug-likeness (QED) is 0.0736. The summed E-state index contributed by atoms with van der Waals surface area (Å²) in [7, 11) is 0. The summed E-state index contributed by atoms with van der Waals surface area (Å²) in [5.74, 6) is -1.19. The average molecular weight is 817 g/mol. The lowest BCUT2D eigenvalue weighted by Crippen LogP contribution is -2.39. The Morgan fingerprint density at radius 1 is 0.725 bits per heavy atom. The number of imide groups is 2. The number of benzene rings is 4. The monoisotopic (exact) mass is 814 g/mol. The number of carbonyl (C=O) groups excluding carboxylic acids is 5. The van der Waals surface area contributed by atoms with Gasteiger partial charge in [-0.15, -0.1) is 0 Å². The molecule has 4 aromatic carbocycles. The Kier molecular flexibility index (Phi) is 12.2. The Morgan fingerprint density at radius 2 is 1.24 bits per heavy atom. The van der Waals surface area contributed by atoms with E-state index in [1.807, 2.05) is 32.0 Å². The van der Waals surface area contributed by atoms with E-state index in [-0.39, 0.29) is 30.2 Å². The van der Waals surface area contributed by atoms with E-state index in [0.29, 0.717) is 52.4 Å². The lowest BCUT2D eigenvalue weighted by atomic mass is 10.1. The Bertz CT molecular complexity index is 2070. The zero-order chi connectivity index (χ0) is 36.7. The molecule has 2 aliphatic rings. The molecule has 0 unspecified atom stereocenters. The van der Waals surface area contributed by atoms with Gasteiger partial charge < -0.3 is 15.2 Å². The summed E-state index contributed by atoms with van der Waals surface area (Å²) in [4.78, 5) is 66.2. The molecule has 0 saturated heterocycles. The number of carbonyl (C=O) groups is 5. The van der Waals surface area contributed by atoms with Crippen LogP contribution in [0.15, 0.2) is 106 Å². The highest BCUT2D eigenvalue weighted by molar-refractivity contribution is 9.10. The normalized spacial score (nSPS) is 13.1. The van der Waals surface area contributed by atoms with Gasteiger partial charge in [0.05, 0.1) is 46.2 Å². The number of halogens is 2. The maximum atomic E-state index is 12.5. The summed E-state index contributed by atoms with van der Waals surface area (Å²) in [5, 5.41) is 0.872. The Morgan fingerprint density at radius 3 is 1.75 bits per heavy atom. The summed E-state index contributed by atoms with van der Waals surface area (Å²) >= 11 is 6.63. The summed E-state index contributed by atoms with van der Waals surface area (Å²) < 4.78 is 12.6. The Balaban J connectivity index is 0.000000159. The minimum absolute atomic E-state index is 0.119. The minimum Gasteiger partial charge on any atom is -0.398 e. The van der Waals surface area contributed by atoms with Crippen LogP contribution in [0.5, 0.6) is 0 Å². The zero-order valence-corrected chi connectivity index (χ0v) is 30.7. The van der Waals surface area contributed by atoms with Crippen LogP contribution in [0.4, 0.5) is 11.4 Å². The van der Waals surface area contributed by atoms with Gasteiger partial charge in [-0.05, 0) is 74.5 Å². The van der Waals surface area contributed by atoms with Crippen molar-refractivity contribution in [2.75, 3.05) is 30.4 Å². The predicted molar refractivity (Wildman–Crippen MR) is 200 cm³/mol. The highest BCUT2D eigenvalue weighted by Crippen LogP contribution is 2.30. The third kappa shape index (κ3) is 8.29. The number of pyridine rings is 1. The van der Waals surface area contributed by atoms with Gasteiger partial charge in [-0.2, -0.15) is 0 Å². The fraction of sp³-hybridized carbons (Fsp3) is 0.158. The third-order valence-electron chi connectivity index (χ3n) is 7.77. The first-order valence-electron chi connectivity index (χ1n) is 15.8. The van der Waals surface area contributed by atoms with Crippen molar-refractivity contribution in [2.45, 2.75) is 20.1 Å². The van der Waals surface area contributed by atoms with Crippen molar-refractivity contribution in [3.63, 3.8) is 0 Å². The van der Waals surface area contributed by atoms with E-state index in [1.165, 1.54) is 9.80 Å². The van der Waals surface area contributed by atoms with Crippen LogP contribution in [0.25, 0.3) is 10.9 Å². The molecule has 2 aliphatic heterocycles. The molecule has 11 nitrogen and oxygen atoms in total. The largest absolute Gasteiger partial charge is 0.398 e. The molecule has 2 N–H and O–H groups in total. The number of nitrogen functional groups attached to an aromatic ring is 1. The van der Waals surface area contributed by atoms with E-state index in [0.717, 1.165) is 26.1 Å². The van der Waals surface area contributed by atoms with Crippen LogP contribution < -0.4 is 10.6 Å². The van der Waals surface area contributed by atoms with Gasteiger partial charge in [0.25, 0.3) is 23.6 Å². The highest BCUT2D eigenvalue weighted by Gasteiger charge is 2.37. The van der Waals surface area contributed by atoms with E-state index in [9.17, 15) is 24.0 Å². The fourth-order valence-electron chi connectivity index (χ4n) is 5.36. The molecule has 0 aliphatic carbocycles. The number of aldehydes is 1. The van der Waals surface area contributed by atoms with Crippen LogP contribution in [0.1, 0.15) is 65.6 Å². The topological polar surface area (TPSA) is 149 Å². The van der Waals surface area contributed by atoms with E-state index < -0.39 is 6.29 Å². The number of fused-ring (bicyclic) bond motifs is 3. The van der Waals surface area contributed by atoms with Crippen LogP contribution in [0.2, 0.25) is 0 Å². The van der Waals surface area contributed by atoms with Crippen molar-refractivity contribution in [3.05, 3.63) is 134 Å². The second-order valence-electron chi connectivity index (χ2n) is 11.0. The molecule has 0 saturated carbocycles. The van der Waals surface area contributed by atoms with E-state index in [1.54, 1.807) is 79.0 Å². The number of amides is 4. The van der Waals surface area contributed by atoms with Crippen molar-refractivity contribution in [1.82, 2.24) is 9.88 Å². The number of hydrogen-bond donors (Lipinski definition) is 1. The average Bonchev–Trinajstić information content (AvgIpc) is 3.53. The molecule has 5 aromatic rings. The second-order valence-corrected chi connectivity index (χ2v) is 12.9. The first-order valence-corrected chi connectivity index (χ1v) is 17.4. The fourth-order valence-corrected chi connectivity index (χ4v) is 6.09. The van der Waals surface area contributed by atoms with Gasteiger partial charge in [0.2, 0.25) is 0 Å². The van der Waals surface area contributed by atoms with Crippen molar-refractivity contribution in [2.24, 2.45) is 0 Å². The van der Waals surface area contributed by atoms with Crippen molar-refractivity contribution >= 4 is 84.1 Å². The van der Waals surface area contributed by atoms with Gasteiger partial charge >= 0.3 is 0 Å². The molecule has 0 atom stereocenters. The molecular formula is C38H32Br2N4O7. The zero-order valence-electron chi connectivity index (χ0n) is 27.5. The smallest absolute Gasteiger partial charge is 0.266 e. The summed E-state index contributed by atoms with van der Waals surface area (Å²) in [6.45, 7) is 4.73. The summed E-state index contributed by atoms with van der Waals surface area (Å²) in [6.07, 6.45) is 1.72. The van der Waals surface area contributed by atoms with Crippen molar-refractivity contribution in [3.8, 4) is 0 Å². The number of anilines is 2. The second kappa shape index (κ2) is 16.8. The molecule has 3 heterocycles. The number of ether oxygens (including phenoxy) is 2. The molecule has 13 heteroatoms. The summed E-state index contributed by atoms with van der Waals surface area (Å²) in [5.41, 5.74) is 9.55. The molecule has 260 valence electrons. The number of hydrogen-bond acceptors (Lipinski definition) is 9. The molecule has 51 heavy (non-hydrogen) atoms. The van der Waals surface area contributed by atoms with Crippen LogP contribution in [-0.4, -0.2) is 65.8 Å². The first kappa shape index (κ1) is 37.2. The van der Waals surface area contributed by atoms with Gasteiger partial charge in [-0.25, -0.2) is 4.90 Å². The maximum absolute atomic E-state index is 12.5. The number of aromatic nitrogens is 1. The van der Waals surface area contributed by atoms with Gasteiger partial charge in [-0.1, -0.05) is 62.2 Å². The number of nitrogens with zero attached hydrogens (tertiary/aromatic N) is 3. The van der Waals surface area contributed by atoms with Crippen LogP contribution in [0.3, 0.4) is 0 Å². The van der Waals surface area contributed by atoms with Gasteiger partial charge in [-0.3, -0.25) is 33.9 Å². The minimum atomic E-state index is -0.572. The molecule has 0 radical (unpaired) electrons. The molecule has 7 rings (SSSR count). The van der Waals surface area contributed by atoms with Crippen LogP contribution in [0, 0.1) is 0 Å². The summed E-state index contributed by atoms with van der Waals surface area (Å²) in [6, 6.07) is 26.3. The molecule has 0 fully saturated rings. The lowest BCUT2D eigenvalue weighted by Gasteiger charge is -2.22. The molecule has 0 bridgehead atoms. The molecule has 4 amide bonds. The predicted octanol–water partition coefficient (Wildman–Crippen LogP) is 7.32. The Labute approximate surface area is 310 Å². The van der Waals surface area contributed by atoms with E-state index in [4.69, 9.17) is 15.2 Å². The highest BCUT2D eigenvalue weighted by atomic mass is 79.9. The first-order chi connectivity index (χ1) is 24.6. The Hall–Kier alpha value is -5.08. The standard InChI is InChI=1S/C17H9BrN2O2.C14H17NO4.C7H6BrNO/c18-11-6-5-10-7-12(9-19-15(10)8-11)20-16(21)13-3-1-2-4-14(13)17(20)22;1-3-18-12(19-4-2)9-15-13(16)10-7-5-6-8-11(10)14(15)17;8-6-2-1-5(4-10)7(9)3-6/h1-9H;5-8,12H,3-4,9H2,1-2H3;1-4H,9H2.